The van der Waals surface area contributed by atoms with Crippen molar-refractivity contribution in [3.63, 3.8) is 0 Å². The normalized spacial score (nSPS) is 17.2. The Balaban J connectivity index is 2.79. The van der Waals surface area contributed by atoms with Crippen LogP contribution in [0.3, 0.4) is 0 Å². The van der Waals surface area contributed by atoms with Crippen LogP contribution in [0.25, 0.3) is 0 Å². The van der Waals surface area contributed by atoms with Crippen molar-refractivity contribution in [2.45, 2.75) is 57.3 Å². The van der Waals surface area contributed by atoms with Gasteiger partial charge in [0.2, 0.25) is 5.69 Å². The minimum absolute atomic E-state index is 0.0130. The second kappa shape index (κ2) is 5.54. The van der Waals surface area contributed by atoms with Gasteiger partial charge < -0.3 is 0 Å². The monoisotopic (exact) mass is 310 g/mol. The molecule has 0 saturated carbocycles. The van der Waals surface area contributed by atoms with Crippen LogP contribution in [0.2, 0.25) is 0 Å². The summed E-state index contributed by atoms with van der Waals surface area (Å²) >= 11 is 0. The summed E-state index contributed by atoms with van der Waals surface area (Å²) in [5.74, 6) is 0. The molecule has 116 valence electrons. The molecule has 1 heterocycles. The fourth-order valence-electron chi connectivity index (χ4n) is 3.78. The third kappa shape index (κ3) is 2.32. The number of rotatable bonds is 5. The molecule has 0 radical (unpaired) electrons. The van der Waals surface area contributed by atoms with Crippen LogP contribution in [-0.4, -0.2) is 29.8 Å². The maximum absolute atomic E-state index is 11.5. The molecule has 1 aromatic rings. The highest BCUT2D eigenvalue weighted by Gasteiger charge is 2.48. The molecule has 1 N–H and O–H groups in total. The van der Waals surface area contributed by atoms with Gasteiger partial charge in [-0.3, -0.25) is 4.55 Å². The minimum atomic E-state index is -4.17. The van der Waals surface area contributed by atoms with Crippen LogP contribution in [0.1, 0.15) is 52.5 Å². The van der Waals surface area contributed by atoms with E-state index in [0.29, 0.717) is 0 Å². The van der Waals surface area contributed by atoms with Crippen LogP contribution < -0.4 is 0 Å². The Morgan fingerprint density at radius 1 is 1.14 bits per heavy atom. The molecule has 0 aliphatic carbocycles. The van der Waals surface area contributed by atoms with E-state index in [0.717, 1.165) is 37.1 Å². The Kier molecular flexibility index (Phi) is 4.26. The van der Waals surface area contributed by atoms with Gasteiger partial charge in [-0.05, 0) is 31.9 Å². The zero-order chi connectivity index (χ0) is 15.8. The van der Waals surface area contributed by atoms with Gasteiger partial charge in [0.25, 0.3) is 10.1 Å². The van der Waals surface area contributed by atoms with Crippen molar-refractivity contribution in [1.29, 1.82) is 0 Å². The molecule has 1 aromatic carbocycles. The number of hydrogen-bond donors (Lipinski definition) is 1. The molecule has 4 nitrogen and oxygen atoms in total. The van der Waals surface area contributed by atoms with E-state index < -0.39 is 10.1 Å². The number of benzene rings is 1. The summed E-state index contributed by atoms with van der Waals surface area (Å²) in [7, 11) is -4.17. The minimum Gasteiger partial charge on any atom is -0.282 e. The molecule has 0 saturated heterocycles. The molecule has 0 amide bonds. The Morgan fingerprint density at radius 3 is 2.19 bits per heavy atom. The molecule has 0 fully saturated rings. The van der Waals surface area contributed by atoms with E-state index in [4.69, 9.17) is 0 Å². The molecular weight excluding hydrogens is 286 g/mol. The average molecular weight is 310 g/mol. The Morgan fingerprint density at radius 2 is 1.76 bits per heavy atom. The summed E-state index contributed by atoms with van der Waals surface area (Å²) in [5.41, 5.74) is 3.32. The van der Waals surface area contributed by atoms with E-state index >= 15 is 0 Å². The van der Waals surface area contributed by atoms with Crippen LogP contribution in [-0.2, 0) is 15.5 Å². The average Bonchev–Trinajstić information content (AvgIpc) is 2.74. The van der Waals surface area contributed by atoms with Gasteiger partial charge in [-0.15, -0.1) is 0 Å². The van der Waals surface area contributed by atoms with Crippen molar-refractivity contribution in [1.82, 2.24) is 0 Å². The van der Waals surface area contributed by atoms with Gasteiger partial charge in [0.05, 0.1) is 10.3 Å². The van der Waals surface area contributed by atoms with Crippen molar-refractivity contribution < 1.29 is 17.5 Å². The summed E-state index contributed by atoms with van der Waals surface area (Å²) in [6.45, 7) is 9.40. The zero-order valence-electron chi connectivity index (χ0n) is 13.2. The van der Waals surface area contributed by atoms with Crippen LogP contribution >= 0.6 is 0 Å². The molecular formula is C16H24NO3S+. The first kappa shape index (κ1) is 16.2. The highest BCUT2D eigenvalue weighted by atomic mass is 32.2. The molecule has 0 aromatic heterocycles. The fourth-order valence-corrected chi connectivity index (χ4v) is 4.29. The molecule has 0 atom stereocenters. The van der Waals surface area contributed by atoms with Gasteiger partial charge in [-0.1, -0.05) is 20.8 Å². The standard InChI is InChI=1S/C16H23NO3S/c1-5-15-16(6-2,7-3)13-11-12(21(18,19)20)9-10-14(13)17(15)8-4/h9-11H,5-8H2,1-4H3/p+1. The summed E-state index contributed by atoms with van der Waals surface area (Å²) in [4.78, 5) is -0.0130. The SMILES string of the molecule is CCC1=[N+](CC)c2ccc(S(=O)(=O)O)cc2C1(CC)CC. The van der Waals surface area contributed by atoms with E-state index in [-0.39, 0.29) is 10.3 Å². The smallest absolute Gasteiger partial charge is 0.282 e. The predicted molar refractivity (Wildman–Crippen MR) is 84.3 cm³/mol. The first-order valence-electron chi connectivity index (χ1n) is 7.61. The molecule has 1 aliphatic rings. The van der Waals surface area contributed by atoms with Gasteiger partial charge in [-0.25, -0.2) is 0 Å². The second-order valence-electron chi connectivity index (χ2n) is 5.49. The van der Waals surface area contributed by atoms with E-state index in [1.807, 2.05) is 6.07 Å². The number of hydrogen-bond acceptors (Lipinski definition) is 2. The predicted octanol–water partition coefficient (Wildman–Crippen LogP) is 3.52. The van der Waals surface area contributed by atoms with E-state index in [1.165, 1.54) is 11.8 Å². The van der Waals surface area contributed by atoms with E-state index in [1.54, 1.807) is 6.07 Å². The lowest BCUT2D eigenvalue weighted by molar-refractivity contribution is -0.435. The summed E-state index contributed by atoms with van der Waals surface area (Å²) in [5, 5.41) is 0. The number of nitrogens with zero attached hydrogens (tertiary/aromatic N) is 1. The van der Waals surface area contributed by atoms with Crippen LogP contribution in [0, 0.1) is 0 Å². The molecule has 1 aliphatic heterocycles. The number of fused-ring (bicyclic) bond motifs is 1. The van der Waals surface area contributed by atoms with Crippen LogP contribution in [0.5, 0.6) is 0 Å². The maximum atomic E-state index is 11.5. The van der Waals surface area contributed by atoms with Crippen molar-refractivity contribution in [2.75, 3.05) is 6.54 Å². The molecule has 0 unspecified atom stereocenters. The first-order chi connectivity index (χ1) is 9.85. The summed E-state index contributed by atoms with van der Waals surface area (Å²) < 4.78 is 34.5. The topological polar surface area (TPSA) is 57.4 Å². The molecule has 0 spiro atoms. The molecule has 2 rings (SSSR count). The van der Waals surface area contributed by atoms with Gasteiger partial charge in [0.15, 0.2) is 5.71 Å². The fraction of sp³-hybridized carbons (Fsp3) is 0.562. The van der Waals surface area contributed by atoms with Crippen LogP contribution in [0.4, 0.5) is 5.69 Å². The van der Waals surface area contributed by atoms with Gasteiger partial charge >= 0.3 is 0 Å². The molecule has 21 heavy (non-hydrogen) atoms. The highest BCUT2D eigenvalue weighted by molar-refractivity contribution is 7.85. The molecule has 5 heteroatoms. The third-order valence-corrected chi connectivity index (χ3v) is 5.66. The maximum Gasteiger partial charge on any atom is 0.294 e. The van der Waals surface area contributed by atoms with E-state index in [9.17, 15) is 13.0 Å². The summed E-state index contributed by atoms with van der Waals surface area (Å²) in [6.07, 6.45) is 2.78. The quantitative estimate of drug-likeness (QED) is 0.668. The van der Waals surface area contributed by atoms with Crippen molar-refractivity contribution in [2.24, 2.45) is 0 Å². The van der Waals surface area contributed by atoms with Gasteiger partial charge in [-0.2, -0.15) is 13.0 Å². The third-order valence-electron chi connectivity index (χ3n) is 4.81. The van der Waals surface area contributed by atoms with E-state index in [2.05, 4.69) is 32.3 Å². The Labute approximate surface area is 127 Å². The lowest BCUT2D eigenvalue weighted by Crippen LogP contribution is -2.34. The lowest BCUT2D eigenvalue weighted by Gasteiger charge is -2.25. The highest BCUT2D eigenvalue weighted by Crippen LogP contribution is 2.46. The van der Waals surface area contributed by atoms with Crippen molar-refractivity contribution in [3.8, 4) is 0 Å². The van der Waals surface area contributed by atoms with Crippen molar-refractivity contribution in [3.05, 3.63) is 23.8 Å². The van der Waals surface area contributed by atoms with Crippen LogP contribution in [0.15, 0.2) is 23.1 Å². The second-order valence-corrected chi connectivity index (χ2v) is 6.91. The summed E-state index contributed by atoms with van der Waals surface area (Å²) in [6, 6.07) is 4.97. The lowest BCUT2D eigenvalue weighted by atomic mass is 9.72. The van der Waals surface area contributed by atoms with Crippen molar-refractivity contribution >= 4 is 21.5 Å². The van der Waals surface area contributed by atoms with Gasteiger partial charge in [0.1, 0.15) is 6.54 Å². The van der Waals surface area contributed by atoms with Gasteiger partial charge in [0, 0.05) is 18.1 Å². The first-order valence-corrected chi connectivity index (χ1v) is 9.05. The Hall–Kier alpha value is -1.20. The largest absolute Gasteiger partial charge is 0.294 e. The molecule has 0 bridgehead atoms. The zero-order valence-corrected chi connectivity index (χ0v) is 14.0. The Bertz CT molecular complexity index is 685.